The molecule has 4 rings (SSSR count). The molecule has 0 aliphatic carbocycles. The molecule has 0 bridgehead atoms. The molecule has 0 saturated heterocycles. The molecule has 0 aliphatic rings. The Morgan fingerprint density at radius 2 is 1.93 bits per heavy atom. The number of hydrogen-bond acceptors (Lipinski definition) is 4. The van der Waals surface area contributed by atoms with E-state index in [1.165, 1.54) is 12.3 Å². The molecule has 27 heavy (non-hydrogen) atoms. The second-order valence-corrected chi connectivity index (χ2v) is 6.97. The van der Waals surface area contributed by atoms with Gasteiger partial charge in [0.1, 0.15) is 11.3 Å². The van der Waals surface area contributed by atoms with Gasteiger partial charge in [-0.2, -0.15) is 0 Å². The summed E-state index contributed by atoms with van der Waals surface area (Å²) in [5.41, 5.74) is 4.60. The van der Waals surface area contributed by atoms with Crippen molar-refractivity contribution >= 4 is 46.2 Å². The molecule has 4 nitrogen and oxygen atoms in total. The van der Waals surface area contributed by atoms with Crippen LogP contribution in [-0.2, 0) is 0 Å². The van der Waals surface area contributed by atoms with E-state index in [0.717, 1.165) is 22.2 Å². The number of fused-ring (bicyclic) bond motifs is 1. The van der Waals surface area contributed by atoms with E-state index in [0.29, 0.717) is 22.2 Å². The summed E-state index contributed by atoms with van der Waals surface area (Å²) in [6, 6.07) is 16.4. The first kappa shape index (κ1) is 17.6. The fraction of sp³-hybridized carbons (Fsp3) is 0.0476. The van der Waals surface area contributed by atoms with Crippen LogP contribution in [0, 0.1) is 6.92 Å². The monoisotopic (exact) mass is 396 g/mol. The van der Waals surface area contributed by atoms with Gasteiger partial charge in [-0.1, -0.05) is 35.3 Å². The first-order valence-corrected chi connectivity index (χ1v) is 8.95. The van der Waals surface area contributed by atoms with Gasteiger partial charge < -0.3 is 9.52 Å². The number of aromatic hydroxyl groups is 1. The molecule has 0 unspecified atom stereocenters. The normalized spacial score (nSPS) is 11.5. The fourth-order valence-corrected chi connectivity index (χ4v) is 3.21. The van der Waals surface area contributed by atoms with Crippen molar-refractivity contribution < 1.29 is 9.52 Å². The van der Waals surface area contributed by atoms with Crippen LogP contribution in [-0.4, -0.2) is 16.3 Å². The highest BCUT2D eigenvalue weighted by atomic mass is 35.5. The molecular weight excluding hydrogens is 383 g/mol. The van der Waals surface area contributed by atoms with Crippen LogP contribution in [0.4, 0.5) is 5.69 Å². The highest BCUT2D eigenvalue weighted by molar-refractivity contribution is 6.36. The van der Waals surface area contributed by atoms with Crippen molar-refractivity contribution in [1.82, 2.24) is 4.98 Å². The van der Waals surface area contributed by atoms with E-state index in [-0.39, 0.29) is 10.8 Å². The van der Waals surface area contributed by atoms with Crippen LogP contribution in [0.2, 0.25) is 10.0 Å². The SMILES string of the molecule is Cc1ccc2nc(-c3cccc(N=Cc4cc(Cl)cc(Cl)c4O)c3)oc2c1. The van der Waals surface area contributed by atoms with E-state index in [4.69, 9.17) is 27.6 Å². The lowest BCUT2D eigenvalue weighted by Gasteiger charge is -2.02. The Bertz CT molecular complexity index is 1180. The maximum Gasteiger partial charge on any atom is 0.227 e. The van der Waals surface area contributed by atoms with E-state index in [2.05, 4.69) is 9.98 Å². The van der Waals surface area contributed by atoms with Gasteiger partial charge in [0.2, 0.25) is 5.89 Å². The average Bonchev–Trinajstić information content (AvgIpc) is 3.07. The van der Waals surface area contributed by atoms with E-state index in [1.807, 2.05) is 49.4 Å². The van der Waals surface area contributed by atoms with E-state index >= 15 is 0 Å². The summed E-state index contributed by atoms with van der Waals surface area (Å²) in [5.74, 6) is 0.469. The van der Waals surface area contributed by atoms with Crippen LogP contribution in [0.3, 0.4) is 0 Å². The molecule has 134 valence electrons. The third kappa shape index (κ3) is 3.68. The molecule has 1 aromatic heterocycles. The number of hydrogen-bond donors (Lipinski definition) is 1. The quantitative estimate of drug-likeness (QED) is 0.398. The molecule has 3 aromatic carbocycles. The summed E-state index contributed by atoms with van der Waals surface area (Å²) in [4.78, 5) is 8.93. The Hall–Kier alpha value is -2.82. The zero-order chi connectivity index (χ0) is 19.0. The molecule has 6 heteroatoms. The molecule has 1 N–H and O–H groups in total. The second kappa shape index (κ2) is 7.06. The third-order valence-corrected chi connectivity index (χ3v) is 4.55. The molecule has 0 saturated carbocycles. The number of nitrogens with zero attached hydrogens (tertiary/aromatic N) is 2. The van der Waals surface area contributed by atoms with Gasteiger partial charge in [-0.05, 0) is 55.0 Å². The molecular formula is C21H14Cl2N2O2. The van der Waals surface area contributed by atoms with E-state index in [1.54, 1.807) is 6.07 Å². The van der Waals surface area contributed by atoms with Gasteiger partial charge in [0.25, 0.3) is 0 Å². The highest BCUT2D eigenvalue weighted by Crippen LogP contribution is 2.31. The van der Waals surface area contributed by atoms with Crippen molar-refractivity contribution in [2.75, 3.05) is 0 Å². The average molecular weight is 397 g/mol. The molecule has 0 fully saturated rings. The van der Waals surface area contributed by atoms with Gasteiger partial charge >= 0.3 is 0 Å². The van der Waals surface area contributed by atoms with Crippen molar-refractivity contribution in [3.63, 3.8) is 0 Å². The molecule has 4 aromatic rings. The summed E-state index contributed by atoms with van der Waals surface area (Å²) in [5, 5.41) is 10.6. The van der Waals surface area contributed by atoms with Gasteiger partial charge in [0.15, 0.2) is 5.58 Å². The number of phenols is 1. The number of oxazole rings is 1. The zero-order valence-electron chi connectivity index (χ0n) is 14.3. The minimum absolute atomic E-state index is 0.0599. The molecule has 0 spiro atoms. The summed E-state index contributed by atoms with van der Waals surface area (Å²) in [6.07, 6.45) is 1.52. The maximum absolute atomic E-state index is 10.0. The van der Waals surface area contributed by atoms with Crippen LogP contribution >= 0.6 is 23.2 Å². The Kier molecular flexibility index (Phi) is 4.60. The van der Waals surface area contributed by atoms with Gasteiger partial charge in [-0.3, -0.25) is 4.99 Å². The van der Waals surface area contributed by atoms with Crippen molar-refractivity contribution in [2.45, 2.75) is 6.92 Å². The first-order valence-electron chi connectivity index (χ1n) is 8.19. The van der Waals surface area contributed by atoms with Gasteiger partial charge in [-0.25, -0.2) is 4.98 Å². The van der Waals surface area contributed by atoms with Crippen LogP contribution < -0.4 is 0 Å². The molecule has 0 aliphatic heterocycles. The standard InChI is InChI=1S/C21H14Cl2N2O2/c1-12-5-6-18-19(7-12)27-21(25-18)13-3-2-4-16(9-13)24-11-14-8-15(22)10-17(23)20(14)26/h2-11,26H,1H3. The lowest BCUT2D eigenvalue weighted by molar-refractivity contribution is 0.475. The molecule has 0 atom stereocenters. The Balaban J connectivity index is 1.68. The van der Waals surface area contributed by atoms with Gasteiger partial charge in [0.05, 0.1) is 10.7 Å². The first-order chi connectivity index (χ1) is 13.0. The Labute approximate surface area is 165 Å². The van der Waals surface area contributed by atoms with Crippen molar-refractivity contribution in [3.8, 4) is 17.2 Å². The number of aryl methyl sites for hydroxylation is 1. The van der Waals surface area contributed by atoms with Gasteiger partial charge in [0, 0.05) is 22.4 Å². The predicted octanol–water partition coefficient (Wildman–Crippen LogP) is 6.57. The Morgan fingerprint density at radius 1 is 1.07 bits per heavy atom. The topological polar surface area (TPSA) is 58.6 Å². The molecule has 0 radical (unpaired) electrons. The summed E-state index contributed by atoms with van der Waals surface area (Å²) >= 11 is 11.9. The predicted molar refractivity (Wildman–Crippen MR) is 110 cm³/mol. The zero-order valence-corrected chi connectivity index (χ0v) is 15.8. The summed E-state index contributed by atoms with van der Waals surface area (Å²) < 4.78 is 5.87. The number of benzene rings is 3. The largest absolute Gasteiger partial charge is 0.506 e. The lowest BCUT2D eigenvalue weighted by Crippen LogP contribution is -1.84. The number of phenolic OH excluding ortho intramolecular Hbond substituents is 1. The maximum atomic E-state index is 10.0. The van der Waals surface area contributed by atoms with Crippen LogP contribution in [0.15, 0.2) is 64.0 Å². The van der Waals surface area contributed by atoms with E-state index < -0.39 is 0 Å². The minimum Gasteiger partial charge on any atom is -0.506 e. The number of aliphatic imine (C=N–C) groups is 1. The third-order valence-electron chi connectivity index (χ3n) is 4.05. The highest BCUT2D eigenvalue weighted by Gasteiger charge is 2.09. The Morgan fingerprint density at radius 3 is 2.78 bits per heavy atom. The summed E-state index contributed by atoms with van der Waals surface area (Å²) in [6.45, 7) is 2.01. The molecule has 0 amide bonds. The van der Waals surface area contributed by atoms with Crippen molar-refractivity contribution in [1.29, 1.82) is 0 Å². The van der Waals surface area contributed by atoms with Gasteiger partial charge in [-0.15, -0.1) is 0 Å². The van der Waals surface area contributed by atoms with Crippen LogP contribution in [0.1, 0.15) is 11.1 Å². The summed E-state index contributed by atoms with van der Waals surface area (Å²) in [7, 11) is 0. The number of aromatic nitrogens is 1. The van der Waals surface area contributed by atoms with Crippen LogP contribution in [0.5, 0.6) is 5.75 Å². The number of halogens is 2. The number of rotatable bonds is 3. The van der Waals surface area contributed by atoms with Crippen molar-refractivity contribution in [2.24, 2.45) is 4.99 Å². The smallest absolute Gasteiger partial charge is 0.227 e. The fourth-order valence-electron chi connectivity index (χ4n) is 2.70. The van der Waals surface area contributed by atoms with Crippen LogP contribution in [0.25, 0.3) is 22.6 Å². The molecule has 1 heterocycles. The lowest BCUT2D eigenvalue weighted by atomic mass is 10.2. The van der Waals surface area contributed by atoms with E-state index in [9.17, 15) is 5.11 Å². The van der Waals surface area contributed by atoms with Crippen molar-refractivity contribution in [3.05, 3.63) is 75.8 Å². The minimum atomic E-state index is -0.0599. The second-order valence-electron chi connectivity index (χ2n) is 6.12.